The van der Waals surface area contributed by atoms with Crippen molar-refractivity contribution in [1.82, 2.24) is 19.7 Å². The molecule has 7 nitrogen and oxygen atoms in total. The summed E-state index contributed by atoms with van der Waals surface area (Å²) in [5.74, 6) is 0.530. The average Bonchev–Trinajstić information content (AvgIpc) is 3.64. The number of furan rings is 1. The molecule has 3 heterocycles. The van der Waals surface area contributed by atoms with E-state index in [-0.39, 0.29) is 17.9 Å². The zero-order valence-corrected chi connectivity index (χ0v) is 21.3. The summed E-state index contributed by atoms with van der Waals surface area (Å²) in [4.78, 5) is 31.6. The predicted octanol–water partition coefficient (Wildman–Crippen LogP) is 4.54. The van der Waals surface area contributed by atoms with Crippen molar-refractivity contribution in [2.75, 3.05) is 20.1 Å². The van der Waals surface area contributed by atoms with E-state index in [1.807, 2.05) is 41.8 Å². The standard InChI is InChI=1S/C29H36N4O3/c1-29(28(35)30-23-12-6-7-13-23)21-32-24(26-14-8-19-36-26)15-16-25(32)27(34)33(29)18-9-17-31(2)20-22-10-4-3-5-11-22/h3-5,8,10-11,14-16,19,23H,6-7,9,12-13,17-18,20-21H2,1-2H3,(H,30,35). The topological polar surface area (TPSA) is 70.7 Å². The smallest absolute Gasteiger partial charge is 0.271 e. The number of nitrogens with one attached hydrogen (secondary N) is 1. The Hall–Kier alpha value is -3.32. The first-order valence-corrected chi connectivity index (χ1v) is 13.0. The molecule has 0 spiro atoms. The van der Waals surface area contributed by atoms with Crippen LogP contribution in [0, 0.1) is 0 Å². The van der Waals surface area contributed by atoms with Crippen LogP contribution in [0.4, 0.5) is 0 Å². The van der Waals surface area contributed by atoms with Crippen LogP contribution in [0.25, 0.3) is 11.5 Å². The molecule has 7 heteroatoms. The van der Waals surface area contributed by atoms with Crippen molar-refractivity contribution in [3.8, 4) is 11.5 Å². The van der Waals surface area contributed by atoms with Crippen LogP contribution in [0.1, 0.15) is 55.1 Å². The first-order chi connectivity index (χ1) is 17.5. The van der Waals surface area contributed by atoms with E-state index < -0.39 is 5.54 Å². The third-order valence-corrected chi connectivity index (χ3v) is 7.68. The van der Waals surface area contributed by atoms with E-state index in [1.54, 1.807) is 11.2 Å². The Morgan fingerprint density at radius 1 is 1.08 bits per heavy atom. The fourth-order valence-electron chi connectivity index (χ4n) is 5.65. The Bertz CT molecular complexity index is 1180. The van der Waals surface area contributed by atoms with Gasteiger partial charge in [0.05, 0.1) is 18.5 Å². The number of hydrogen-bond acceptors (Lipinski definition) is 4. The lowest BCUT2D eigenvalue weighted by Crippen LogP contribution is -2.65. The molecule has 1 atom stereocenters. The fourth-order valence-corrected chi connectivity index (χ4v) is 5.65. The number of nitrogens with zero attached hydrogens (tertiary/aromatic N) is 3. The monoisotopic (exact) mass is 488 g/mol. The molecule has 1 aromatic carbocycles. The number of amides is 2. The number of benzene rings is 1. The summed E-state index contributed by atoms with van der Waals surface area (Å²) in [5.41, 5.74) is 1.71. The molecule has 1 unspecified atom stereocenters. The van der Waals surface area contributed by atoms with E-state index in [1.165, 1.54) is 5.56 Å². The Labute approximate surface area is 213 Å². The minimum absolute atomic E-state index is 0.0647. The van der Waals surface area contributed by atoms with Gasteiger partial charge >= 0.3 is 0 Å². The molecule has 0 radical (unpaired) electrons. The van der Waals surface area contributed by atoms with Crippen LogP contribution in [0.5, 0.6) is 0 Å². The Morgan fingerprint density at radius 2 is 1.83 bits per heavy atom. The van der Waals surface area contributed by atoms with Crippen molar-refractivity contribution in [3.63, 3.8) is 0 Å². The van der Waals surface area contributed by atoms with Crippen LogP contribution in [-0.4, -0.2) is 57.9 Å². The Balaban J connectivity index is 1.35. The van der Waals surface area contributed by atoms with Crippen LogP contribution in [0.2, 0.25) is 0 Å². The highest BCUT2D eigenvalue weighted by molar-refractivity contribution is 6.00. The van der Waals surface area contributed by atoms with Crippen LogP contribution < -0.4 is 5.32 Å². The van der Waals surface area contributed by atoms with E-state index in [9.17, 15) is 9.59 Å². The van der Waals surface area contributed by atoms with Gasteiger partial charge in [-0.25, -0.2) is 0 Å². The molecular formula is C29H36N4O3. The second kappa shape index (κ2) is 10.3. The Morgan fingerprint density at radius 3 is 2.56 bits per heavy atom. The second-order valence-electron chi connectivity index (χ2n) is 10.4. The van der Waals surface area contributed by atoms with Crippen LogP contribution in [0.15, 0.2) is 65.3 Å². The second-order valence-corrected chi connectivity index (χ2v) is 10.4. The van der Waals surface area contributed by atoms with Crippen molar-refractivity contribution in [2.24, 2.45) is 0 Å². The van der Waals surface area contributed by atoms with E-state index in [4.69, 9.17) is 4.42 Å². The van der Waals surface area contributed by atoms with Gasteiger partial charge < -0.3 is 24.1 Å². The molecule has 2 aromatic heterocycles. The van der Waals surface area contributed by atoms with Gasteiger partial charge in [0, 0.05) is 19.1 Å². The van der Waals surface area contributed by atoms with Gasteiger partial charge in [-0.1, -0.05) is 43.2 Å². The van der Waals surface area contributed by atoms with E-state index in [0.717, 1.165) is 50.9 Å². The summed E-state index contributed by atoms with van der Waals surface area (Å²) in [6.45, 7) is 4.52. The first-order valence-electron chi connectivity index (χ1n) is 13.0. The third kappa shape index (κ3) is 4.85. The maximum atomic E-state index is 13.8. The zero-order valence-electron chi connectivity index (χ0n) is 21.3. The van der Waals surface area contributed by atoms with Crippen LogP contribution in [-0.2, 0) is 17.9 Å². The van der Waals surface area contributed by atoms with Gasteiger partial charge in [-0.3, -0.25) is 9.59 Å². The number of aromatic nitrogens is 1. The summed E-state index contributed by atoms with van der Waals surface area (Å²) < 4.78 is 7.58. The summed E-state index contributed by atoms with van der Waals surface area (Å²) in [5, 5.41) is 3.27. The highest BCUT2D eigenvalue weighted by Gasteiger charge is 2.48. The van der Waals surface area contributed by atoms with Gasteiger partial charge in [-0.15, -0.1) is 0 Å². The summed E-state index contributed by atoms with van der Waals surface area (Å²) >= 11 is 0. The lowest BCUT2D eigenvalue weighted by Gasteiger charge is -2.45. The molecular weight excluding hydrogens is 452 g/mol. The molecule has 190 valence electrons. The lowest BCUT2D eigenvalue weighted by atomic mass is 9.93. The average molecular weight is 489 g/mol. The van der Waals surface area contributed by atoms with E-state index in [0.29, 0.717) is 24.5 Å². The molecule has 2 aliphatic rings. The van der Waals surface area contributed by atoms with Gasteiger partial charge in [0.2, 0.25) is 5.91 Å². The van der Waals surface area contributed by atoms with Crippen molar-refractivity contribution >= 4 is 11.8 Å². The normalized spacial score (nSPS) is 20.2. The van der Waals surface area contributed by atoms with Gasteiger partial charge in [0.1, 0.15) is 17.0 Å². The molecule has 1 saturated carbocycles. The minimum atomic E-state index is -0.981. The van der Waals surface area contributed by atoms with E-state index >= 15 is 0 Å². The van der Waals surface area contributed by atoms with Crippen molar-refractivity contribution in [2.45, 2.75) is 63.7 Å². The summed E-state index contributed by atoms with van der Waals surface area (Å²) in [6.07, 6.45) is 6.71. The third-order valence-electron chi connectivity index (χ3n) is 7.68. The molecule has 1 fully saturated rings. The van der Waals surface area contributed by atoms with Crippen LogP contribution in [0.3, 0.4) is 0 Å². The molecule has 1 aliphatic heterocycles. The minimum Gasteiger partial charge on any atom is -0.463 e. The maximum absolute atomic E-state index is 13.8. The number of carbonyl (C=O) groups excluding carboxylic acids is 2. The van der Waals surface area contributed by atoms with Crippen molar-refractivity contribution in [3.05, 3.63) is 72.1 Å². The predicted molar refractivity (Wildman–Crippen MR) is 139 cm³/mol. The van der Waals surface area contributed by atoms with Crippen molar-refractivity contribution < 1.29 is 14.0 Å². The SMILES string of the molecule is CN(CCCN1C(=O)c2ccc(-c3ccco3)n2CC1(C)C(=O)NC1CCCC1)Cc1ccccc1. The number of rotatable bonds is 9. The number of hydrogen-bond donors (Lipinski definition) is 1. The van der Waals surface area contributed by atoms with Gasteiger partial charge in [0.15, 0.2) is 0 Å². The largest absolute Gasteiger partial charge is 0.463 e. The van der Waals surface area contributed by atoms with Gasteiger partial charge in [-0.2, -0.15) is 0 Å². The lowest BCUT2D eigenvalue weighted by molar-refractivity contribution is -0.133. The molecule has 5 rings (SSSR count). The fraction of sp³-hybridized carbons (Fsp3) is 0.448. The quantitative estimate of drug-likeness (QED) is 0.480. The van der Waals surface area contributed by atoms with Crippen molar-refractivity contribution in [1.29, 1.82) is 0 Å². The number of carbonyl (C=O) groups is 2. The number of fused-ring (bicyclic) bond motifs is 1. The highest BCUT2D eigenvalue weighted by Crippen LogP contribution is 2.34. The summed E-state index contributed by atoms with van der Waals surface area (Å²) in [7, 11) is 2.10. The maximum Gasteiger partial charge on any atom is 0.271 e. The molecule has 0 saturated heterocycles. The first kappa shape index (κ1) is 24.4. The molecule has 36 heavy (non-hydrogen) atoms. The van der Waals surface area contributed by atoms with E-state index in [2.05, 4.69) is 41.5 Å². The van der Waals surface area contributed by atoms with Crippen LogP contribution >= 0.6 is 0 Å². The molecule has 0 bridgehead atoms. The molecule has 1 aliphatic carbocycles. The van der Waals surface area contributed by atoms with Gasteiger partial charge in [0.25, 0.3) is 5.91 Å². The molecule has 3 aromatic rings. The molecule has 2 amide bonds. The summed E-state index contributed by atoms with van der Waals surface area (Å²) in [6, 6.07) is 18.1. The Kier molecular flexibility index (Phi) is 7.01. The van der Waals surface area contributed by atoms with Gasteiger partial charge in [-0.05, 0) is 69.6 Å². The highest BCUT2D eigenvalue weighted by atomic mass is 16.3. The zero-order chi connectivity index (χ0) is 25.1. The molecule has 1 N–H and O–H groups in total.